The summed E-state index contributed by atoms with van der Waals surface area (Å²) in [6, 6.07) is 4.83. The number of benzene rings is 1. The zero-order chi connectivity index (χ0) is 21.7. The molecule has 3 rings (SSSR count). The molecule has 1 aromatic rings. The van der Waals surface area contributed by atoms with E-state index in [1.165, 1.54) is 35.5 Å². The van der Waals surface area contributed by atoms with Crippen LogP contribution in [0.25, 0.3) is 0 Å². The number of ether oxygens (including phenoxy) is 2. The van der Waals surface area contributed by atoms with E-state index in [-0.39, 0.29) is 17.5 Å². The minimum absolute atomic E-state index is 0.216. The molecule has 0 aliphatic carbocycles. The zero-order valence-electron chi connectivity index (χ0n) is 16.5. The number of carbonyl (C=O) groups is 1. The number of nitro benzene ring substituents is 1. The van der Waals surface area contributed by atoms with Crippen molar-refractivity contribution in [1.82, 2.24) is 4.31 Å². The smallest absolute Gasteiger partial charge is 0.303 e. The summed E-state index contributed by atoms with van der Waals surface area (Å²) < 4.78 is 39.0. The van der Waals surface area contributed by atoms with Gasteiger partial charge in [0.2, 0.25) is 10.0 Å². The highest BCUT2D eigenvalue weighted by Crippen LogP contribution is 2.31. The Balaban J connectivity index is 1.83. The molecule has 0 fully saturated rings. The molecule has 0 radical (unpaired) electrons. The van der Waals surface area contributed by atoms with Crippen LogP contribution in [0.4, 0.5) is 5.69 Å². The van der Waals surface area contributed by atoms with Crippen molar-refractivity contribution in [1.29, 1.82) is 0 Å². The van der Waals surface area contributed by atoms with Gasteiger partial charge >= 0.3 is 5.97 Å². The van der Waals surface area contributed by atoms with E-state index in [1.807, 2.05) is 6.08 Å². The molecule has 0 aromatic heterocycles. The summed E-state index contributed by atoms with van der Waals surface area (Å²) >= 11 is 0. The van der Waals surface area contributed by atoms with Gasteiger partial charge in [-0.15, -0.1) is 0 Å². The number of carbonyl (C=O) groups excluding carboxylic acids is 1. The Morgan fingerprint density at radius 3 is 2.80 bits per heavy atom. The lowest BCUT2D eigenvalue weighted by Crippen LogP contribution is -2.44. The Labute approximate surface area is 175 Å². The van der Waals surface area contributed by atoms with Crippen LogP contribution in [0.2, 0.25) is 0 Å². The van der Waals surface area contributed by atoms with Gasteiger partial charge in [0.1, 0.15) is 6.10 Å². The highest BCUT2D eigenvalue weighted by atomic mass is 32.2. The van der Waals surface area contributed by atoms with E-state index in [0.717, 1.165) is 0 Å². The lowest BCUT2D eigenvalue weighted by atomic mass is 10.0. The SMILES string of the molecule is CC(=O)O[C@@H]1C=CCO[C@@H](C[C@H]2C=CCCN2S(=O)(=O)c2ccccc2[N+](=O)[O-])C1. The minimum atomic E-state index is -4.10. The summed E-state index contributed by atoms with van der Waals surface area (Å²) in [7, 11) is -4.10. The van der Waals surface area contributed by atoms with Gasteiger partial charge in [-0.2, -0.15) is 4.31 Å². The first-order valence-electron chi connectivity index (χ1n) is 9.66. The van der Waals surface area contributed by atoms with Crippen molar-refractivity contribution in [2.75, 3.05) is 13.2 Å². The zero-order valence-corrected chi connectivity index (χ0v) is 17.4. The summed E-state index contributed by atoms with van der Waals surface area (Å²) in [6.45, 7) is 1.88. The Morgan fingerprint density at radius 2 is 2.07 bits per heavy atom. The van der Waals surface area contributed by atoms with Crippen molar-refractivity contribution in [2.45, 2.75) is 49.3 Å². The lowest BCUT2D eigenvalue weighted by molar-refractivity contribution is -0.387. The van der Waals surface area contributed by atoms with Crippen molar-refractivity contribution >= 4 is 21.7 Å². The topological polar surface area (TPSA) is 116 Å². The van der Waals surface area contributed by atoms with Crippen LogP contribution in [0.1, 0.15) is 26.2 Å². The summed E-state index contributed by atoms with van der Waals surface area (Å²) in [4.78, 5) is 21.6. The van der Waals surface area contributed by atoms with E-state index in [0.29, 0.717) is 25.9 Å². The fourth-order valence-electron chi connectivity index (χ4n) is 3.70. The molecule has 0 bridgehead atoms. The average Bonchev–Trinajstić information content (AvgIpc) is 2.92. The third kappa shape index (κ3) is 5.13. The van der Waals surface area contributed by atoms with Crippen LogP contribution in [-0.2, 0) is 24.3 Å². The number of nitro groups is 1. The van der Waals surface area contributed by atoms with Gasteiger partial charge in [0, 0.05) is 32.0 Å². The van der Waals surface area contributed by atoms with E-state index in [2.05, 4.69) is 0 Å². The van der Waals surface area contributed by atoms with Gasteiger partial charge in [0.05, 0.1) is 17.6 Å². The van der Waals surface area contributed by atoms with Crippen molar-refractivity contribution < 1.29 is 27.6 Å². The average molecular weight is 436 g/mol. The number of rotatable bonds is 6. The van der Waals surface area contributed by atoms with Crippen LogP contribution >= 0.6 is 0 Å². The second-order valence-corrected chi connectivity index (χ2v) is 8.99. The van der Waals surface area contributed by atoms with Crippen LogP contribution in [0.15, 0.2) is 53.5 Å². The molecular formula is C20H24N2O7S. The number of esters is 1. The molecule has 1 aromatic carbocycles. The maximum Gasteiger partial charge on any atom is 0.303 e. The van der Waals surface area contributed by atoms with Gasteiger partial charge in [-0.1, -0.05) is 30.4 Å². The van der Waals surface area contributed by atoms with Crippen LogP contribution in [0, 0.1) is 10.1 Å². The Bertz CT molecular complexity index is 958. The molecule has 162 valence electrons. The molecule has 3 atom stereocenters. The first-order valence-corrected chi connectivity index (χ1v) is 11.1. The second-order valence-electron chi connectivity index (χ2n) is 7.13. The number of para-hydroxylation sites is 1. The monoisotopic (exact) mass is 436 g/mol. The normalized spacial score (nSPS) is 24.9. The van der Waals surface area contributed by atoms with Gasteiger partial charge < -0.3 is 9.47 Å². The van der Waals surface area contributed by atoms with Crippen molar-refractivity contribution in [3.63, 3.8) is 0 Å². The molecule has 30 heavy (non-hydrogen) atoms. The summed E-state index contributed by atoms with van der Waals surface area (Å²) in [6.07, 6.45) is 7.69. The lowest BCUT2D eigenvalue weighted by Gasteiger charge is -2.33. The predicted octanol–water partition coefficient (Wildman–Crippen LogP) is 2.58. The first-order chi connectivity index (χ1) is 14.3. The maximum absolute atomic E-state index is 13.3. The predicted molar refractivity (Wildman–Crippen MR) is 108 cm³/mol. The van der Waals surface area contributed by atoms with Gasteiger partial charge in [0.25, 0.3) is 5.69 Å². The summed E-state index contributed by atoms with van der Waals surface area (Å²) in [5.41, 5.74) is -0.448. The van der Waals surface area contributed by atoms with Crippen LogP contribution < -0.4 is 0 Å². The molecule has 0 spiro atoms. The minimum Gasteiger partial charge on any atom is -0.458 e. The third-order valence-corrected chi connectivity index (χ3v) is 6.96. The second kappa shape index (κ2) is 9.50. The van der Waals surface area contributed by atoms with E-state index in [9.17, 15) is 23.3 Å². The number of hydrogen-bond acceptors (Lipinski definition) is 7. The van der Waals surface area contributed by atoms with Gasteiger partial charge in [-0.25, -0.2) is 8.42 Å². The standard InChI is InChI=1S/C20H24N2O7S/c1-15(23)29-17-8-6-12-28-18(14-17)13-16-7-4-5-11-21(16)30(26,27)20-10-3-2-9-19(20)22(24)25/h2-4,6-10,16-18H,5,11-14H2,1H3/t16-,17-,18+/m1/s1. The Morgan fingerprint density at radius 1 is 1.30 bits per heavy atom. The number of sulfonamides is 1. The highest BCUT2D eigenvalue weighted by molar-refractivity contribution is 7.89. The summed E-state index contributed by atoms with van der Waals surface area (Å²) in [5, 5.41) is 11.4. The van der Waals surface area contributed by atoms with Gasteiger partial charge in [-0.3, -0.25) is 14.9 Å². The molecular weight excluding hydrogens is 412 g/mol. The Hall–Kier alpha value is -2.56. The number of nitrogens with zero attached hydrogens (tertiary/aromatic N) is 2. The summed E-state index contributed by atoms with van der Waals surface area (Å²) in [5.74, 6) is -0.400. The molecule has 2 aliphatic rings. The largest absolute Gasteiger partial charge is 0.458 e. The van der Waals surface area contributed by atoms with Gasteiger partial charge in [0.15, 0.2) is 4.90 Å². The molecule has 9 nitrogen and oxygen atoms in total. The molecule has 0 saturated heterocycles. The molecule has 2 aliphatic heterocycles. The first kappa shape index (κ1) is 22.1. The molecule has 0 N–H and O–H groups in total. The molecule has 10 heteroatoms. The van der Waals surface area contributed by atoms with Crippen molar-refractivity contribution in [3.8, 4) is 0 Å². The van der Waals surface area contributed by atoms with E-state index in [1.54, 1.807) is 18.2 Å². The van der Waals surface area contributed by atoms with Crippen molar-refractivity contribution in [3.05, 3.63) is 58.7 Å². The van der Waals surface area contributed by atoms with Gasteiger partial charge in [-0.05, 0) is 25.0 Å². The van der Waals surface area contributed by atoms with Crippen molar-refractivity contribution in [2.24, 2.45) is 0 Å². The quantitative estimate of drug-likeness (QED) is 0.291. The number of hydrogen-bond donors (Lipinski definition) is 0. The van der Waals surface area contributed by atoms with Crippen LogP contribution in [-0.4, -0.2) is 55.0 Å². The van der Waals surface area contributed by atoms with E-state index in [4.69, 9.17) is 9.47 Å². The fraction of sp³-hybridized carbons (Fsp3) is 0.450. The van der Waals surface area contributed by atoms with Crippen LogP contribution in [0.3, 0.4) is 0 Å². The molecule has 0 saturated carbocycles. The van der Waals surface area contributed by atoms with Crippen LogP contribution in [0.5, 0.6) is 0 Å². The molecule has 0 unspecified atom stereocenters. The Kier molecular flexibility index (Phi) is 7.01. The van der Waals surface area contributed by atoms with E-state index < -0.39 is 38.7 Å². The molecule has 0 amide bonds. The van der Waals surface area contributed by atoms with E-state index >= 15 is 0 Å². The highest BCUT2D eigenvalue weighted by Gasteiger charge is 2.37. The maximum atomic E-state index is 13.3. The molecule has 2 heterocycles. The fourth-order valence-corrected chi connectivity index (χ4v) is 5.47. The third-order valence-electron chi connectivity index (χ3n) is 4.99.